The summed E-state index contributed by atoms with van der Waals surface area (Å²) in [4.78, 5) is 20.4. The third-order valence-corrected chi connectivity index (χ3v) is 4.73. The van der Waals surface area contributed by atoms with Gasteiger partial charge in [0.05, 0.1) is 24.3 Å². The zero-order valence-electron chi connectivity index (χ0n) is 14.5. The van der Waals surface area contributed by atoms with E-state index in [1.165, 1.54) is 0 Å². The molecule has 4 nitrogen and oxygen atoms in total. The van der Waals surface area contributed by atoms with Gasteiger partial charge >= 0.3 is 5.97 Å². The smallest absolute Gasteiger partial charge is 0.340 e. The zero-order valence-corrected chi connectivity index (χ0v) is 14.5. The van der Waals surface area contributed by atoms with Gasteiger partial charge in [0.25, 0.3) is 0 Å². The monoisotopic (exact) mass is 342 g/mol. The Morgan fingerprint density at radius 2 is 2.00 bits per heavy atom. The third kappa shape index (κ3) is 2.82. The van der Waals surface area contributed by atoms with E-state index in [9.17, 15) is 4.79 Å². The molecule has 0 atom stereocenters. The fraction of sp³-hybridized carbons (Fsp3) is 0.227. The zero-order chi connectivity index (χ0) is 18.1. The average Bonchev–Trinajstić information content (AvgIpc) is 3.52. The molecule has 4 heteroatoms. The van der Waals surface area contributed by atoms with Crippen LogP contribution in [-0.2, 0) is 4.74 Å². The first-order valence-corrected chi connectivity index (χ1v) is 8.79. The van der Waals surface area contributed by atoms with Crippen molar-refractivity contribution >= 4 is 22.6 Å². The van der Waals surface area contributed by atoms with E-state index in [0.717, 1.165) is 40.4 Å². The lowest BCUT2D eigenvalue weighted by molar-refractivity contribution is 0.0525. The number of para-hydroxylation sites is 1. The summed E-state index contributed by atoms with van der Waals surface area (Å²) in [6.07, 6.45) is 3.84. The van der Waals surface area contributed by atoms with Crippen molar-refractivity contribution in [1.29, 1.82) is 0 Å². The van der Waals surface area contributed by atoms with E-state index < -0.39 is 0 Å². The lowest BCUT2D eigenvalue weighted by atomic mass is 9.95. The van der Waals surface area contributed by atoms with Gasteiger partial charge in [0, 0.05) is 17.1 Å². The van der Waals surface area contributed by atoms with Crippen LogP contribution in [0.1, 0.15) is 41.6 Å². The van der Waals surface area contributed by atoms with E-state index in [-0.39, 0.29) is 5.97 Å². The molecule has 128 valence electrons. The molecule has 1 fully saturated rings. The van der Waals surface area contributed by atoms with Gasteiger partial charge in [-0.15, -0.1) is 0 Å². The number of ether oxygens (including phenoxy) is 1. The molecule has 1 aliphatic rings. The van der Waals surface area contributed by atoms with Gasteiger partial charge < -0.3 is 4.74 Å². The average molecular weight is 342 g/mol. The molecule has 1 saturated carbocycles. The minimum atomic E-state index is -0.296. The van der Waals surface area contributed by atoms with Crippen molar-refractivity contribution in [3.05, 3.63) is 71.2 Å². The molecular formula is C22H18N2O2. The highest BCUT2D eigenvalue weighted by Crippen LogP contribution is 2.45. The minimum Gasteiger partial charge on any atom is -0.462 e. The summed E-state index contributed by atoms with van der Waals surface area (Å²) >= 11 is 0. The van der Waals surface area contributed by atoms with E-state index in [1.807, 2.05) is 49.4 Å². The number of hydrogen-bond acceptors (Lipinski definition) is 3. The summed E-state index contributed by atoms with van der Waals surface area (Å²) in [5.74, 6) is 0.107. The summed E-state index contributed by atoms with van der Waals surface area (Å²) in [5, 5.41) is 1.02. The Labute approximate surface area is 152 Å². The van der Waals surface area contributed by atoms with E-state index in [1.54, 1.807) is 6.20 Å². The standard InChI is InChI=1S/C22H18N2O2/c1-3-26-22(25)19-13-24-21-17(14-9-11-16(23-2)12-10-14)5-4-6-18(21)20(19)15-7-8-15/h4-6,9-13,15H,3,7-8H2,1H3. The first-order chi connectivity index (χ1) is 12.7. The van der Waals surface area contributed by atoms with Crippen molar-refractivity contribution in [3.8, 4) is 11.1 Å². The maximum absolute atomic E-state index is 12.4. The Bertz CT molecular complexity index is 1030. The Balaban J connectivity index is 1.90. The molecular weight excluding hydrogens is 324 g/mol. The van der Waals surface area contributed by atoms with E-state index >= 15 is 0 Å². The van der Waals surface area contributed by atoms with Crippen LogP contribution >= 0.6 is 0 Å². The third-order valence-electron chi connectivity index (χ3n) is 4.73. The van der Waals surface area contributed by atoms with Gasteiger partial charge in [-0.1, -0.05) is 42.5 Å². The van der Waals surface area contributed by atoms with Crippen LogP contribution in [0.5, 0.6) is 0 Å². The number of benzene rings is 2. The summed E-state index contributed by atoms with van der Waals surface area (Å²) in [5.41, 5.74) is 5.18. The number of esters is 1. The van der Waals surface area contributed by atoms with Gasteiger partial charge in [-0.25, -0.2) is 9.64 Å². The highest BCUT2D eigenvalue weighted by molar-refractivity contribution is 6.02. The first-order valence-electron chi connectivity index (χ1n) is 8.79. The van der Waals surface area contributed by atoms with E-state index in [0.29, 0.717) is 23.8 Å². The molecule has 0 amide bonds. The molecule has 0 unspecified atom stereocenters. The van der Waals surface area contributed by atoms with Crippen molar-refractivity contribution < 1.29 is 9.53 Å². The van der Waals surface area contributed by atoms with Crippen molar-refractivity contribution in [1.82, 2.24) is 4.98 Å². The lowest BCUT2D eigenvalue weighted by Gasteiger charge is -2.13. The second-order valence-electron chi connectivity index (χ2n) is 6.44. The summed E-state index contributed by atoms with van der Waals surface area (Å²) in [7, 11) is 0. The van der Waals surface area contributed by atoms with Crippen LogP contribution in [0, 0.1) is 6.57 Å². The number of hydrogen-bond donors (Lipinski definition) is 0. The molecule has 0 aliphatic heterocycles. The SMILES string of the molecule is [C-]#[N+]c1ccc(-c2cccc3c(C4CC4)c(C(=O)OCC)cnc23)cc1. The predicted molar refractivity (Wildman–Crippen MR) is 101 cm³/mol. The van der Waals surface area contributed by atoms with Crippen LogP contribution in [0.4, 0.5) is 5.69 Å². The van der Waals surface area contributed by atoms with Crippen molar-refractivity contribution in [2.45, 2.75) is 25.7 Å². The normalized spacial score (nSPS) is 13.4. The Kier molecular flexibility index (Phi) is 4.14. The molecule has 2 aromatic carbocycles. The topological polar surface area (TPSA) is 43.5 Å². The molecule has 0 bridgehead atoms. The fourth-order valence-electron chi connectivity index (χ4n) is 3.38. The number of nitrogens with zero attached hydrogens (tertiary/aromatic N) is 2. The molecule has 0 N–H and O–H groups in total. The second-order valence-corrected chi connectivity index (χ2v) is 6.44. The summed E-state index contributed by atoms with van der Waals surface area (Å²) < 4.78 is 5.23. The number of rotatable bonds is 4. The molecule has 0 saturated heterocycles. The molecule has 3 aromatic rings. The number of aromatic nitrogens is 1. The Morgan fingerprint density at radius 1 is 1.23 bits per heavy atom. The summed E-state index contributed by atoms with van der Waals surface area (Å²) in [6.45, 7) is 9.27. The number of fused-ring (bicyclic) bond motifs is 1. The van der Waals surface area contributed by atoms with Crippen LogP contribution in [0.2, 0.25) is 0 Å². The van der Waals surface area contributed by atoms with Gasteiger partial charge in [0.1, 0.15) is 0 Å². The Morgan fingerprint density at radius 3 is 2.65 bits per heavy atom. The van der Waals surface area contributed by atoms with Gasteiger partial charge in [0.15, 0.2) is 5.69 Å². The predicted octanol–water partition coefficient (Wildman–Crippen LogP) is 5.51. The molecule has 0 radical (unpaired) electrons. The first kappa shape index (κ1) is 16.3. The van der Waals surface area contributed by atoms with E-state index in [4.69, 9.17) is 11.3 Å². The fourth-order valence-corrected chi connectivity index (χ4v) is 3.38. The highest BCUT2D eigenvalue weighted by Gasteiger charge is 2.31. The number of pyridine rings is 1. The van der Waals surface area contributed by atoms with Crippen LogP contribution in [0.3, 0.4) is 0 Å². The van der Waals surface area contributed by atoms with Crippen LogP contribution in [0.25, 0.3) is 26.9 Å². The highest BCUT2D eigenvalue weighted by atomic mass is 16.5. The van der Waals surface area contributed by atoms with Crippen molar-refractivity contribution in [2.75, 3.05) is 6.61 Å². The molecule has 26 heavy (non-hydrogen) atoms. The minimum absolute atomic E-state index is 0.296. The van der Waals surface area contributed by atoms with Gasteiger partial charge in [-0.05, 0) is 36.8 Å². The molecule has 1 aromatic heterocycles. The molecule has 1 aliphatic carbocycles. The van der Waals surface area contributed by atoms with Crippen LogP contribution in [0.15, 0.2) is 48.7 Å². The molecule has 0 spiro atoms. The molecule has 1 heterocycles. The van der Waals surface area contributed by atoms with Crippen molar-refractivity contribution in [3.63, 3.8) is 0 Å². The van der Waals surface area contributed by atoms with Gasteiger partial charge in [-0.2, -0.15) is 0 Å². The van der Waals surface area contributed by atoms with Gasteiger partial charge in [-0.3, -0.25) is 4.98 Å². The quantitative estimate of drug-likeness (QED) is 0.464. The number of carbonyl (C=O) groups excluding carboxylic acids is 1. The van der Waals surface area contributed by atoms with Crippen molar-refractivity contribution in [2.24, 2.45) is 0 Å². The van der Waals surface area contributed by atoms with Gasteiger partial charge in [0.2, 0.25) is 0 Å². The van der Waals surface area contributed by atoms with Crippen LogP contribution in [-0.4, -0.2) is 17.6 Å². The Hall–Kier alpha value is -3.19. The van der Waals surface area contributed by atoms with E-state index in [2.05, 4.69) is 9.83 Å². The maximum atomic E-state index is 12.4. The lowest BCUT2D eigenvalue weighted by Crippen LogP contribution is -2.09. The maximum Gasteiger partial charge on any atom is 0.340 e. The second kappa shape index (κ2) is 6.61. The summed E-state index contributed by atoms with van der Waals surface area (Å²) in [6, 6.07) is 13.6. The van der Waals surface area contributed by atoms with Crippen LogP contribution < -0.4 is 0 Å². The molecule has 4 rings (SSSR count). The number of carbonyl (C=O) groups is 1. The largest absolute Gasteiger partial charge is 0.462 e.